The third-order valence-corrected chi connectivity index (χ3v) is 5.78. The number of hydrogen-bond acceptors (Lipinski definition) is 2. The van der Waals surface area contributed by atoms with Crippen molar-refractivity contribution in [3.8, 4) is 0 Å². The van der Waals surface area contributed by atoms with Crippen LogP contribution in [0.15, 0.2) is 0 Å². The Bertz CT molecular complexity index is 755. The maximum atomic E-state index is 13.6. The molecule has 9 heteroatoms. The highest BCUT2D eigenvalue weighted by molar-refractivity contribution is 5.88. The van der Waals surface area contributed by atoms with Gasteiger partial charge in [-0.15, -0.1) is 0 Å². The van der Waals surface area contributed by atoms with Gasteiger partial charge >= 0.3 is 12.1 Å². The zero-order valence-corrected chi connectivity index (χ0v) is 13.5. The van der Waals surface area contributed by atoms with E-state index in [1.165, 1.54) is 6.92 Å². The lowest BCUT2D eigenvalue weighted by Crippen LogP contribution is -2.47. The molecule has 0 saturated heterocycles. The molecule has 0 amide bonds. The Balaban J connectivity index is 1.75. The highest BCUT2D eigenvalue weighted by Crippen LogP contribution is 2.75. The van der Waals surface area contributed by atoms with Crippen molar-refractivity contribution in [2.24, 2.45) is 10.8 Å². The molecule has 1 unspecified atom stereocenters. The minimum absolute atomic E-state index is 0.137. The monoisotopic (exact) mass is 364 g/mol. The summed E-state index contributed by atoms with van der Waals surface area (Å²) in [6, 6.07) is 0. The first-order chi connectivity index (χ1) is 11.4. The van der Waals surface area contributed by atoms with Crippen LogP contribution in [-0.2, 0) is 12.7 Å². The molecular weight excluding hydrogens is 347 g/mol. The van der Waals surface area contributed by atoms with Crippen molar-refractivity contribution in [1.82, 2.24) is 9.78 Å². The molecule has 1 aromatic heterocycles. The molecule has 1 N–H and O–H groups in total. The minimum Gasteiger partial charge on any atom is -0.477 e. The van der Waals surface area contributed by atoms with Gasteiger partial charge in [0.15, 0.2) is 5.69 Å². The maximum Gasteiger partial charge on any atom is 0.420 e. The molecule has 1 atom stereocenters. The number of carbonyl (C=O) groups is 1. The van der Waals surface area contributed by atoms with Crippen molar-refractivity contribution in [1.29, 1.82) is 0 Å². The van der Waals surface area contributed by atoms with Gasteiger partial charge in [0.2, 0.25) is 5.92 Å². The number of carboxylic acids is 1. The fourth-order valence-corrected chi connectivity index (χ4v) is 4.45. The van der Waals surface area contributed by atoms with Crippen LogP contribution < -0.4 is 0 Å². The lowest BCUT2D eigenvalue weighted by Gasteiger charge is -2.44. The molecule has 0 radical (unpaired) electrons. The van der Waals surface area contributed by atoms with Gasteiger partial charge in [-0.3, -0.25) is 4.68 Å². The van der Waals surface area contributed by atoms with Gasteiger partial charge in [0, 0.05) is 25.3 Å². The zero-order valence-electron chi connectivity index (χ0n) is 13.5. The van der Waals surface area contributed by atoms with E-state index >= 15 is 0 Å². The summed E-state index contributed by atoms with van der Waals surface area (Å²) in [7, 11) is 0. The van der Waals surface area contributed by atoms with Crippen molar-refractivity contribution in [3.05, 3.63) is 17.0 Å². The molecule has 4 rings (SSSR count). The molecule has 1 aromatic rings. The SMILES string of the molecule is CC1(Cn2nc(C3CC34CC4)c(C(F)(F)F)c2C(=O)O)CC(F)(F)C1. The molecule has 0 aliphatic heterocycles. The summed E-state index contributed by atoms with van der Waals surface area (Å²) < 4.78 is 67.9. The molecule has 3 fully saturated rings. The van der Waals surface area contributed by atoms with E-state index in [-0.39, 0.29) is 23.6 Å². The first-order valence-corrected chi connectivity index (χ1v) is 8.15. The number of aromatic carboxylic acids is 1. The Labute approximate surface area is 140 Å². The fraction of sp³-hybridized carbons (Fsp3) is 0.750. The Morgan fingerprint density at radius 3 is 2.32 bits per heavy atom. The van der Waals surface area contributed by atoms with Gasteiger partial charge in [0.1, 0.15) is 5.56 Å². The highest BCUT2D eigenvalue weighted by Gasteiger charge is 2.66. The summed E-state index contributed by atoms with van der Waals surface area (Å²) in [6.45, 7) is 1.26. The van der Waals surface area contributed by atoms with Gasteiger partial charge in [-0.1, -0.05) is 6.92 Å². The predicted octanol–water partition coefficient (Wildman–Crippen LogP) is 4.30. The van der Waals surface area contributed by atoms with Gasteiger partial charge in [-0.05, 0) is 30.1 Å². The van der Waals surface area contributed by atoms with Crippen molar-refractivity contribution in [2.75, 3.05) is 0 Å². The lowest BCUT2D eigenvalue weighted by atomic mass is 9.67. The average Bonchev–Trinajstić information content (AvgIpc) is 3.27. The first kappa shape index (κ1) is 16.8. The molecular formula is C16H17F5N2O2. The van der Waals surface area contributed by atoms with Gasteiger partial charge in [0.05, 0.1) is 5.69 Å². The van der Waals surface area contributed by atoms with E-state index < -0.39 is 47.6 Å². The zero-order chi connectivity index (χ0) is 18.4. The molecule has 138 valence electrons. The molecule has 0 bridgehead atoms. The molecule has 3 saturated carbocycles. The van der Waals surface area contributed by atoms with Crippen LogP contribution in [0, 0.1) is 10.8 Å². The second-order valence-electron chi connectivity index (χ2n) is 8.21. The summed E-state index contributed by atoms with van der Waals surface area (Å²) in [6.07, 6.45) is -3.57. The predicted molar refractivity (Wildman–Crippen MR) is 75.5 cm³/mol. The van der Waals surface area contributed by atoms with Crippen LogP contribution in [-0.4, -0.2) is 26.8 Å². The summed E-state index contributed by atoms with van der Waals surface area (Å²) >= 11 is 0. The third-order valence-electron chi connectivity index (χ3n) is 5.78. The number of hydrogen-bond donors (Lipinski definition) is 1. The van der Waals surface area contributed by atoms with Crippen LogP contribution in [0.3, 0.4) is 0 Å². The van der Waals surface area contributed by atoms with E-state index in [1.807, 2.05) is 0 Å². The quantitative estimate of drug-likeness (QED) is 0.811. The van der Waals surface area contributed by atoms with E-state index in [0.29, 0.717) is 6.42 Å². The maximum absolute atomic E-state index is 13.6. The van der Waals surface area contributed by atoms with Crippen LogP contribution in [0.4, 0.5) is 22.0 Å². The summed E-state index contributed by atoms with van der Waals surface area (Å²) in [5.74, 6) is -4.96. The number of aromatic nitrogens is 2. The van der Waals surface area contributed by atoms with E-state index in [1.54, 1.807) is 0 Å². The lowest BCUT2D eigenvalue weighted by molar-refractivity contribution is -0.160. The normalized spacial score (nSPS) is 27.8. The minimum atomic E-state index is -4.84. The van der Waals surface area contributed by atoms with Crippen molar-refractivity contribution in [2.45, 2.75) is 63.6 Å². The second kappa shape index (κ2) is 4.54. The number of carboxylic acid groups (broad SMARTS) is 1. The van der Waals surface area contributed by atoms with E-state index in [4.69, 9.17) is 0 Å². The molecule has 25 heavy (non-hydrogen) atoms. The number of nitrogens with zero attached hydrogens (tertiary/aromatic N) is 2. The fourth-order valence-electron chi connectivity index (χ4n) is 4.45. The molecule has 3 aliphatic rings. The van der Waals surface area contributed by atoms with Crippen molar-refractivity contribution in [3.63, 3.8) is 0 Å². The van der Waals surface area contributed by atoms with E-state index in [2.05, 4.69) is 5.10 Å². The topological polar surface area (TPSA) is 55.1 Å². The number of alkyl halides is 5. The molecule has 1 spiro atoms. The Morgan fingerprint density at radius 2 is 1.92 bits per heavy atom. The first-order valence-electron chi connectivity index (χ1n) is 8.15. The number of rotatable bonds is 4. The molecule has 0 aromatic carbocycles. The third kappa shape index (κ3) is 2.62. The van der Waals surface area contributed by atoms with Crippen molar-refractivity contribution < 1.29 is 31.9 Å². The summed E-state index contributed by atoms with van der Waals surface area (Å²) in [4.78, 5) is 11.5. The largest absolute Gasteiger partial charge is 0.477 e. The van der Waals surface area contributed by atoms with Crippen LogP contribution in [0.5, 0.6) is 0 Å². The summed E-state index contributed by atoms with van der Waals surface area (Å²) in [5, 5.41) is 13.3. The Hall–Kier alpha value is -1.67. The van der Waals surface area contributed by atoms with Gasteiger partial charge in [0.25, 0.3) is 0 Å². The molecule has 4 nitrogen and oxygen atoms in total. The number of halogens is 5. The van der Waals surface area contributed by atoms with Crippen LogP contribution in [0.2, 0.25) is 0 Å². The Kier molecular flexibility index (Phi) is 3.04. The Morgan fingerprint density at radius 1 is 1.32 bits per heavy atom. The summed E-state index contributed by atoms with van der Waals surface area (Å²) in [5.41, 5.74) is -3.45. The van der Waals surface area contributed by atoms with Crippen LogP contribution in [0.1, 0.15) is 66.7 Å². The van der Waals surface area contributed by atoms with Crippen LogP contribution in [0.25, 0.3) is 0 Å². The average molecular weight is 364 g/mol. The van der Waals surface area contributed by atoms with Gasteiger partial charge in [-0.25, -0.2) is 13.6 Å². The highest BCUT2D eigenvalue weighted by atomic mass is 19.4. The smallest absolute Gasteiger partial charge is 0.420 e. The van der Waals surface area contributed by atoms with Gasteiger partial charge in [-0.2, -0.15) is 18.3 Å². The standard InChI is InChI=1S/C16H17F5N2O2/c1-13(5-15(17,18)6-13)7-23-11(12(24)25)9(16(19,20)21)10(22-23)8-4-14(8)2-3-14/h8H,2-7H2,1H3,(H,24,25). The van der Waals surface area contributed by atoms with Gasteiger partial charge < -0.3 is 5.11 Å². The van der Waals surface area contributed by atoms with E-state index in [9.17, 15) is 31.9 Å². The van der Waals surface area contributed by atoms with Crippen LogP contribution >= 0.6 is 0 Å². The van der Waals surface area contributed by atoms with E-state index in [0.717, 1.165) is 17.5 Å². The molecule has 3 aliphatic carbocycles. The van der Waals surface area contributed by atoms with Crippen molar-refractivity contribution >= 4 is 5.97 Å². The molecule has 1 heterocycles. The second-order valence-corrected chi connectivity index (χ2v) is 8.21.